The van der Waals surface area contributed by atoms with E-state index in [1.54, 1.807) is 26.4 Å². The monoisotopic (exact) mass is 418 g/mol. The van der Waals surface area contributed by atoms with Gasteiger partial charge < -0.3 is 9.88 Å². The minimum Gasteiger partial charge on any atom is -0.340 e. The highest BCUT2D eigenvalue weighted by molar-refractivity contribution is 7.20. The molecule has 0 aliphatic carbocycles. The molecule has 0 aliphatic rings. The first-order valence-corrected chi connectivity index (χ1v) is 10.4. The van der Waals surface area contributed by atoms with Gasteiger partial charge in [-0.25, -0.2) is 4.98 Å². The van der Waals surface area contributed by atoms with Gasteiger partial charge in [0.1, 0.15) is 4.83 Å². The van der Waals surface area contributed by atoms with Gasteiger partial charge in [0.25, 0.3) is 11.5 Å². The molecule has 0 fully saturated rings. The van der Waals surface area contributed by atoms with Gasteiger partial charge in [0.2, 0.25) is 0 Å². The third-order valence-corrected chi connectivity index (χ3v) is 6.44. The summed E-state index contributed by atoms with van der Waals surface area (Å²) >= 11 is 1.24. The van der Waals surface area contributed by atoms with E-state index in [0.29, 0.717) is 20.7 Å². The van der Waals surface area contributed by atoms with E-state index in [4.69, 9.17) is 0 Å². The predicted molar refractivity (Wildman–Crippen MR) is 119 cm³/mol. The van der Waals surface area contributed by atoms with Crippen molar-refractivity contribution in [3.8, 4) is 0 Å². The number of carbonyl (C=O) groups excluding carboxylic acids is 1. The van der Waals surface area contributed by atoms with E-state index in [1.807, 2.05) is 38.1 Å². The minimum atomic E-state index is -0.354. The van der Waals surface area contributed by atoms with Crippen LogP contribution < -0.4 is 10.9 Å². The lowest BCUT2D eigenvalue weighted by atomic mass is 9.94. The van der Waals surface area contributed by atoms with Gasteiger partial charge in [-0.1, -0.05) is 29.8 Å². The topological polar surface area (TPSA) is 76.9 Å². The molecule has 30 heavy (non-hydrogen) atoms. The lowest BCUT2D eigenvalue weighted by Crippen LogP contribution is -2.30. The fourth-order valence-corrected chi connectivity index (χ4v) is 4.70. The van der Waals surface area contributed by atoms with Gasteiger partial charge in [-0.3, -0.25) is 14.6 Å². The van der Waals surface area contributed by atoms with Crippen LogP contribution in [0.25, 0.3) is 10.2 Å². The van der Waals surface area contributed by atoms with Crippen LogP contribution in [-0.4, -0.2) is 20.4 Å². The van der Waals surface area contributed by atoms with Gasteiger partial charge in [-0.05, 0) is 49.1 Å². The van der Waals surface area contributed by atoms with Gasteiger partial charge in [-0.2, -0.15) is 0 Å². The average Bonchev–Trinajstić information content (AvgIpc) is 3.07. The smallest absolute Gasteiger partial charge is 0.262 e. The van der Waals surface area contributed by atoms with Crippen LogP contribution in [0.2, 0.25) is 0 Å². The lowest BCUT2D eigenvalue weighted by molar-refractivity contribution is 0.0946. The zero-order valence-electron chi connectivity index (χ0n) is 17.3. The number of hydrogen-bond donors (Lipinski definition) is 1. The standard InChI is InChI=1S/C23H22N4O2S/c1-13-7-8-17(14(2)10-13)19(16-6-5-9-24-11-16)26-21(28)20-15(3)18-22(30-20)25-12-27(4)23(18)29/h5-12,19H,1-4H3,(H,26,28). The number of aryl methyl sites for hydroxylation is 4. The summed E-state index contributed by atoms with van der Waals surface area (Å²) in [6.07, 6.45) is 4.96. The molecule has 0 radical (unpaired) electrons. The summed E-state index contributed by atoms with van der Waals surface area (Å²) in [5.74, 6) is -0.230. The van der Waals surface area contributed by atoms with Crippen LogP contribution in [0.1, 0.15) is 43.5 Å². The van der Waals surface area contributed by atoms with Gasteiger partial charge in [0.05, 0.1) is 22.6 Å². The van der Waals surface area contributed by atoms with Crippen LogP contribution in [0.15, 0.2) is 53.8 Å². The lowest BCUT2D eigenvalue weighted by Gasteiger charge is -2.21. The third kappa shape index (κ3) is 3.52. The molecule has 4 rings (SSSR count). The third-order valence-electron chi connectivity index (χ3n) is 5.25. The molecule has 152 valence electrons. The predicted octanol–water partition coefficient (Wildman–Crippen LogP) is 3.83. The quantitative estimate of drug-likeness (QED) is 0.546. The summed E-state index contributed by atoms with van der Waals surface area (Å²) in [5.41, 5.74) is 4.67. The van der Waals surface area contributed by atoms with Crippen molar-refractivity contribution < 1.29 is 4.79 Å². The van der Waals surface area contributed by atoms with Gasteiger partial charge in [-0.15, -0.1) is 11.3 Å². The molecule has 1 unspecified atom stereocenters. The number of amides is 1. The minimum absolute atomic E-state index is 0.147. The zero-order valence-corrected chi connectivity index (χ0v) is 18.1. The molecule has 7 heteroatoms. The van der Waals surface area contributed by atoms with Crippen molar-refractivity contribution in [1.29, 1.82) is 0 Å². The van der Waals surface area contributed by atoms with Crippen molar-refractivity contribution in [3.63, 3.8) is 0 Å². The maximum Gasteiger partial charge on any atom is 0.262 e. The molecule has 1 N–H and O–H groups in total. The molecule has 0 spiro atoms. The fourth-order valence-electron chi connectivity index (χ4n) is 3.66. The zero-order chi connectivity index (χ0) is 21.4. The van der Waals surface area contributed by atoms with Crippen LogP contribution in [0.3, 0.4) is 0 Å². The number of pyridine rings is 1. The second-order valence-corrected chi connectivity index (χ2v) is 8.45. The fraction of sp³-hybridized carbons (Fsp3) is 0.217. The van der Waals surface area contributed by atoms with E-state index in [-0.39, 0.29) is 17.5 Å². The second-order valence-electron chi connectivity index (χ2n) is 7.45. The van der Waals surface area contributed by atoms with Crippen LogP contribution in [0, 0.1) is 20.8 Å². The SMILES string of the molecule is Cc1ccc(C(NC(=O)c2sc3ncn(C)c(=O)c3c2C)c2cccnc2)c(C)c1. The average molecular weight is 419 g/mol. The Hall–Kier alpha value is -3.32. The Labute approximate surface area is 178 Å². The Kier molecular flexibility index (Phi) is 5.22. The molecule has 0 saturated heterocycles. The summed E-state index contributed by atoms with van der Waals surface area (Å²) in [5, 5.41) is 3.66. The Morgan fingerprint density at radius 3 is 2.70 bits per heavy atom. The Morgan fingerprint density at radius 2 is 2.00 bits per heavy atom. The molecular formula is C23H22N4O2S. The molecule has 1 atom stereocenters. The maximum atomic E-state index is 13.3. The highest BCUT2D eigenvalue weighted by Crippen LogP contribution is 2.30. The van der Waals surface area contributed by atoms with E-state index >= 15 is 0 Å². The van der Waals surface area contributed by atoms with Crippen LogP contribution >= 0.6 is 11.3 Å². The van der Waals surface area contributed by atoms with Gasteiger partial charge in [0.15, 0.2) is 0 Å². The van der Waals surface area contributed by atoms with Gasteiger partial charge >= 0.3 is 0 Å². The van der Waals surface area contributed by atoms with Crippen LogP contribution in [0.5, 0.6) is 0 Å². The van der Waals surface area contributed by atoms with E-state index in [9.17, 15) is 9.59 Å². The Morgan fingerprint density at radius 1 is 1.20 bits per heavy atom. The largest absolute Gasteiger partial charge is 0.340 e. The molecule has 3 aromatic heterocycles. The number of aromatic nitrogens is 3. The first kappa shape index (κ1) is 20.0. The number of thiophene rings is 1. The summed E-state index contributed by atoms with van der Waals surface area (Å²) in [4.78, 5) is 35.4. The molecule has 1 aromatic carbocycles. The molecule has 0 aliphatic heterocycles. The second kappa shape index (κ2) is 7.84. The first-order chi connectivity index (χ1) is 14.4. The van der Waals surface area contributed by atoms with E-state index in [0.717, 1.165) is 22.3 Å². The number of benzene rings is 1. The van der Waals surface area contributed by atoms with Crippen molar-refractivity contribution in [3.05, 3.63) is 92.1 Å². The van der Waals surface area contributed by atoms with Crippen LogP contribution in [-0.2, 0) is 7.05 Å². The number of nitrogens with one attached hydrogen (secondary N) is 1. The summed E-state index contributed by atoms with van der Waals surface area (Å²) in [6.45, 7) is 5.88. The Balaban J connectivity index is 1.78. The normalized spacial score (nSPS) is 12.1. The molecule has 1 amide bonds. The van der Waals surface area contributed by atoms with Crippen molar-refractivity contribution in [1.82, 2.24) is 19.9 Å². The molecule has 4 aromatic rings. The maximum absolute atomic E-state index is 13.3. The van der Waals surface area contributed by atoms with Crippen molar-refractivity contribution in [2.45, 2.75) is 26.8 Å². The highest BCUT2D eigenvalue weighted by Gasteiger charge is 2.24. The number of fused-ring (bicyclic) bond motifs is 1. The van der Waals surface area contributed by atoms with Crippen molar-refractivity contribution in [2.75, 3.05) is 0 Å². The summed E-state index contributed by atoms with van der Waals surface area (Å²) < 4.78 is 1.43. The molecule has 6 nitrogen and oxygen atoms in total. The van der Waals surface area contributed by atoms with Crippen LogP contribution in [0.4, 0.5) is 0 Å². The molecule has 3 heterocycles. The van der Waals surface area contributed by atoms with E-state index in [2.05, 4.69) is 21.4 Å². The summed E-state index contributed by atoms with van der Waals surface area (Å²) in [7, 11) is 1.66. The number of rotatable bonds is 4. The molecule has 0 saturated carbocycles. The number of hydrogen-bond acceptors (Lipinski definition) is 5. The van der Waals surface area contributed by atoms with E-state index < -0.39 is 0 Å². The first-order valence-electron chi connectivity index (χ1n) is 9.59. The molecular weight excluding hydrogens is 396 g/mol. The number of nitrogens with zero attached hydrogens (tertiary/aromatic N) is 3. The van der Waals surface area contributed by atoms with Gasteiger partial charge in [0, 0.05) is 19.4 Å². The molecule has 0 bridgehead atoms. The number of carbonyl (C=O) groups is 1. The van der Waals surface area contributed by atoms with Crippen molar-refractivity contribution >= 4 is 27.5 Å². The van der Waals surface area contributed by atoms with E-state index in [1.165, 1.54) is 22.2 Å². The Bertz CT molecular complexity index is 1310. The van der Waals surface area contributed by atoms with Crippen molar-refractivity contribution in [2.24, 2.45) is 7.05 Å². The summed E-state index contributed by atoms with van der Waals surface area (Å²) in [6, 6.07) is 9.63. The highest BCUT2D eigenvalue weighted by atomic mass is 32.1.